The lowest BCUT2D eigenvalue weighted by Crippen LogP contribution is -2.30. The van der Waals surface area contributed by atoms with Gasteiger partial charge in [0.1, 0.15) is 5.75 Å². The topological polar surface area (TPSA) is 26.3 Å². The van der Waals surface area contributed by atoms with Gasteiger partial charge >= 0.3 is 0 Å². The molecule has 0 bridgehead atoms. The second kappa shape index (κ2) is 6.58. The van der Waals surface area contributed by atoms with Crippen LogP contribution in [0.3, 0.4) is 0 Å². The summed E-state index contributed by atoms with van der Waals surface area (Å²) in [4.78, 5) is 11.5. The van der Waals surface area contributed by atoms with Crippen molar-refractivity contribution in [3.05, 3.63) is 42.0 Å². The molecule has 0 aromatic heterocycles. The highest BCUT2D eigenvalue weighted by molar-refractivity contribution is 5.98. The maximum Gasteiger partial charge on any atom is 0.159 e. The van der Waals surface area contributed by atoms with E-state index in [0.717, 1.165) is 40.8 Å². The van der Waals surface area contributed by atoms with Crippen LogP contribution >= 0.6 is 0 Å². The first-order chi connectivity index (χ1) is 11.3. The molecule has 0 atom stereocenters. The quantitative estimate of drug-likeness (QED) is 0.645. The summed E-state index contributed by atoms with van der Waals surface area (Å²) < 4.78 is 6.24. The van der Waals surface area contributed by atoms with E-state index in [-0.39, 0.29) is 5.78 Å². The van der Waals surface area contributed by atoms with Gasteiger partial charge in [-0.05, 0) is 72.9 Å². The van der Waals surface area contributed by atoms with Crippen LogP contribution in [0.1, 0.15) is 63.7 Å². The van der Waals surface area contributed by atoms with Crippen LogP contribution in [-0.2, 0) is 0 Å². The van der Waals surface area contributed by atoms with Crippen molar-refractivity contribution in [1.29, 1.82) is 0 Å². The maximum absolute atomic E-state index is 11.5. The van der Waals surface area contributed by atoms with Crippen molar-refractivity contribution in [2.75, 3.05) is 0 Å². The van der Waals surface area contributed by atoms with Crippen molar-refractivity contribution >= 4 is 16.6 Å². The van der Waals surface area contributed by atoms with Crippen LogP contribution in [0.4, 0.5) is 0 Å². The van der Waals surface area contributed by atoms with E-state index in [2.05, 4.69) is 32.9 Å². The zero-order chi connectivity index (χ0) is 17.3. The van der Waals surface area contributed by atoms with Crippen LogP contribution in [0.5, 0.6) is 5.75 Å². The van der Waals surface area contributed by atoms with E-state index in [1.165, 1.54) is 12.8 Å². The fraction of sp³-hybridized carbons (Fsp3) is 0.500. The molecule has 3 rings (SSSR count). The second-order valence-electron chi connectivity index (χ2n) is 8.24. The number of hydrogen-bond acceptors (Lipinski definition) is 2. The minimum atomic E-state index is 0.104. The number of ether oxygens (including phenoxy) is 1. The Morgan fingerprint density at radius 2 is 1.58 bits per heavy atom. The molecule has 0 radical (unpaired) electrons. The van der Waals surface area contributed by atoms with E-state index in [1.54, 1.807) is 6.92 Å². The lowest BCUT2D eigenvalue weighted by molar-refractivity contribution is 0.0883. The molecule has 0 saturated heterocycles. The summed E-state index contributed by atoms with van der Waals surface area (Å²) in [5.41, 5.74) is 1.17. The molecule has 2 aromatic carbocycles. The zero-order valence-electron chi connectivity index (χ0n) is 15.3. The molecule has 0 aliphatic heterocycles. The number of carbonyl (C=O) groups is 1. The Balaban J connectivity index is 1.68. The summed E-state index contributed by atoms with van der Waals surface area (Å²) in [7, 11) is 0. The van der Waals surface area contributed by atoms with Crippen LogP contribution in [0.15, 0.2) is 36.4 Å². The van der Waals surface area contributed by atoms with Gasteiger partial charge in [-0.25, -0.2) is 0 Å². The van der Waals surface area contributed by atoms with Crippen LogP contribution in [-0.4, -0.2) is 11.9 Å². The number of benzene rings is 2. The van der Waals surface area contributed by atoms with Gasteiger partial charge in [0.15, 0.2) is 5.78 Å². The zero-order valence-corrected chi connectivity index (χ0v) is 15.3. The first-order valence-electron chi connectivity index (χ1n) is 9.04. The Kier molecular flexibility index (Phi) is 4.67. The van der Waals surface area contributed by atoms with Gasteiger partial charge < -0.3 is 4.74 Å². The van der Waals surface area contributed by atoms with E-state index in [0.29, 0.717) is 11.5 Å². The number of ketones is 1. The molecule has 0 unspecified atom stereocenters. The van der Waals surface area contributed by atoms with Gasteiger partial charge in [-0.1, -0.05) is 39.0 Å². The maximum atomic E-state index is 11.5. The van der Waals surface area contributed by atoms with E-state index in [4.69, 9.17) is 4.74 Å². The van der Waals surface area contributed by atoms with Gasteiger partial charge in [0.25, 0.3) is 0 Å². The van der Waals surface area contributed by atoms with Crippen molar-refractivity contribution < 1.29 is 9.53 Å². The number of hydrogen-bond donors (Lipinski definition) is 0. The Morgan fingerprint density at radius 1 is 0.958 bits per heavy atom. The Labute approximate surface area is 145 Å². The molecular formula is C22H28O2. The smallest absolute Gasteiger partial charge is 0.159 e. The molecule has 2 nitrogen and oxygen atoms in total. The van der Waals surface area contributed by atoms with Gasteiger partial charge in [-0.3, -0.25) is 4.79 Å². The lowest BCUT2D eigenvalue weighted by Gasteiger charge is -2.37. The number of carbonyl (C=O) groups excluding carboxylic acids is 1. The molecule has 1 aliphatic carbocycles. The van der Waals surface area contributed by atoms with Crippen molar-refractivity contribution in [2.24, 2.45) is 11.3 Å². The third-order valence-corrected chi connectivity index (χ3v) is 5.42. The van der Waals surface area contributed by atoms with Gasteiger partial charge in [0.05, 0.1) is 6.10 Å². The summed E-state index contributed by atoms with van der Waals surface area (Å²) in [5.74, 6) is 1.85. The fourth-order valence-electron chi connectivity index (χ4n) is 3.76. The first-order valence-corrected chi connectivity index (χ1v) is 9.04. The van der Waals surface area contributed by atoms with Crippen molar-refractivity contribution in [3.8, 4) is 5.75 Å². The van der Waals surface area contributed by atoms with Crippen molar-refractivity contribution in [1.82, 2.24) is 0 Å². The first kappa shape index (κ1) is 17.0. The third-order valence-electron chi connectivity index (χ3n) is 5.42. The molecule has 24 heavy (non-hydrogen) atoms. The highest BCUT2D eigenvalue weighted by Crippen LogP contribution is 2.39. The molecule has 0 spiro atoms. The minimum Gasteiger partial charge on any atom is -0.490 e. The Morgan fingerprint density at radius 3 is 2.21 bits per heavy atom. The average Bonchev–Trinajstić information content (AvgIpc) is 2.54. The predicted molar refractivity (Wildman–Crippen MR) is 99.8 cm³/mol. The molecule has 0 heterocycles. The highest BCUT2D eigenvalue weighted by atomic mass is 16.5. The Bertz CT molecular complexity index is 731. The van der Waals surface area contributed by atoms with Crippen LogP contribution in [0.2, 0.25) is 0 Å². The lowest BCUT2D eigenvalue weighted by atomic mass is 9.72. The molecule has 2 aromatic rings. The standard InChI is InChI=1S/C22H28O2/c1-15(23)16-5-6-18-14-21(10-7-17(18)13-16)24-20-11-8-19(9-12-20)22(2,3)4/h5-7,10,13-14,19-20H,8-9,11-12H2,1-4H3/t19-,20-. The second-order valence-corrected chi connectivity index (χ2v) is 8.24. The minimum absolute atomic E-state index is 0.104. The summed E-state index contributed by atoms with van der Waals surface area (Å²) in [6.07, 6.45) is 5.12. The summed E-state index contributed by atoms with van der Waals surface area (Å²) in [6, 6.07) is 12.0. The van der Waals surface area contributed by atoms with Crippen LogP contribution in [0, 0.1) is 11.3 Å². The van der Waals surface area contributed by atoms with E-state index < -0.39 is 0 Å². The van der Waals surface area contributed by atoms with E-state index in [9.17, 15) is 4.79 Å². The van der Waals surface area contributed by atoms with Gasteiger partial charge in [-0.2, -0.15) is 0 Å². The number of fused-ring (bicyclic) bond motifs is 1. The normalized spacial score (nSPS) is 21.7. The molecule has 1 aliphatic rings. The van der Waals surface area contributed by atoms with Gasteiger partial charge in [0, 0.05) is 5.56 Å². The molecule has 1 saturated carbocycles. The molecule has 0 N–H and O–H groups in total. The highest BCUT2D eigenvalue weighted by Gasteiger charge is 2.30. The van der Waals surface area contributed by atoms with Gasteiger partial charge in [-0.15, -0.1) is 0 Å². The third kappa shape index (κ3) is 3.80. The largest absolute Gasteiger partial charge is 0.490 e. The summed E-state index contributed by atoms with van der Waals surface area (Å²) in [5, 5.41) is 2.22. The van der Waals surface area contributed by atoms with E-state index in [1.807, 2.05) is 24.3 Å². The van der Waals surface area contributed by atoms with Crippen LogP contribution < -0.4 is 4.74 Å². The fourth-order valence-corrected chi connectivity index (χ4v) is 3.76. The summed E-state index contributed by atoms with van der Waals surface area (Å²) in [6.45, 7) is 8.64. The average molecular weight is 324 g/mol. The number of rotatable bonds is 3. The molecule has 128 valence electrons. The molecule has 1 fully saturated rings. The van der Waals surface area contributed by atoms with Crippen molar-refractivity contribution in [3.63, 3.8) is 0 Å². The molecule has 2 heteroatoms. The molecular weight excluding hydrogens is 296 g/mol. The van der Waals surface area contributed by atoms with Crippen molar-refractivity contribution in [2.45, 2.75) is 59.5 Å². The molecule has 0 amide bonds. The summed E-state index contributed by atoms with van der Waals surface area (Å²) >= 11 is 0. The van der Waals surface area contributed by atoms with E-state index >= 15 is 0 Å². The monoisotopic (exact) mass is 324 g/mol. The Hall–Kier alpha value is -1.83. The number of Topliss-reactive ketones (excluding diaryl/α,β-unsaturated/α-hetero) is 1. The van der Waals surface area contributed by atoms with Crippen LogP contribution in [0.25, 0.3) is 10.8 Å². The predicted octanol–water partition coefficient (Wildman–Crippen LogP) is 6.03. The van der Waals surface area contributed by atoms with Gasteiger partial charge in [0.2, 0.25) is 0 Å². The SMILES string of the molecule is CC(=O)c1ccc2cc(O[C@H]3CC[C@H](C(C)(C)C)CC3)ccc2c1.